The number of alkyl halides is 6. The summed E-state index contributed by atoms with van der Waals surface area (Å²) >= 11 is 5.68. The fourth-order valence-electron chi connectivity index (χ4n) is 8.10. The quantitative estimate of drug-likeness (QED) is 0.135. The first-order chi connectivity index (χ1) is 31.6. The lowest BCUT2D eigenvalue weighted by Gasteiger charge is -2.41. The number of piperidine rings is 2. The van der Waals surface area contributed by atoms with Crippen LogP contribution in [-0.4, -0.2) is 121 Å². The second kappa shape index (κ2) is 21.6. The van der Waals surface area contributed by atoms with E-state index in [9.17, 15) is 65.7 Å². The molecule has 0 radical (unpaired) electrons. The van der Waals surface area contributed by atoms with Crippen LogP contribution in [0.2, 0.25) is 5.02 Å². The Bertz CT molecular complexity index is 2260. The summed E-state index contributed by atoms with van der Waals surface area (Å²) in [6, 6.07) is -0.0217. The Hall–Kier alpha value is -5.61. The Morgan fingerprint density at radius 2 is 1.04 bits per heavy atom. The van der Waals surface area contributed by atoms with Crippen LogP contribution < -0.4 is 5.32 Å². The molecule has 2 aliphatic heterocycles. The smallest absolute Gasteiger partial charge is 0.417 e. The zero-order valence-corrected chi connectivity index (χ0v) is 40.9. The minimum absolute atomic E-state index is 0.0653. The lowest BCUT2D eigenvalue weighted by Crippen LogP contribution is -2.54. The van der Waals surface area contributed by atoms with E-state index in [1.165, 1.54) is 19.6 Å². The van der Waals surface area contributed by atoms with Gasteiger partial charge in [-0.15, -0.1) is 0 Å². The molecule has 0 bridgehead atoms. The van der Waals surface area contributed by atoms with Gasteiger partial charge in [-0.05, 0) is 120 Å². The molecule has 5 rings (SSSR count). The van der Waals surface area contributed by atoms with E-state index < -0.39 is 120 Å². The van der Waals surface area contributed by atoms with Crippen molar-refractivity contribution in [1.29, 1.82) is 0 Å². The van der Waals surface area contributed by atoms with Gasteiger partial charge in [0.25, 0.3) is 23.2 Å². The maximum atomic E-state index is 14.1. The minimum Gasteiger partial charge on any atom is -0.444 e. The monoisotopic (exact) mass is 1010 g/mol. The van der Waals surface area contributed by atoms with Gasteiger partial charge in [-0.3, -0.25) is 29.8 Å². The van der Waals surface area contributed by atoms with Crippen LogP contribution >= 0.6 is 11.6 Å². The maximum absolute atomic E-state index is 14.1. The number of anilines is 1. The van der Waals surface area contributed by atoms with Crippen LogP contribution in [-0.2, 0) is 21.8 Å². The van der Waals surface area contributed by atoms with Gasteiger partial charge in [0.1, 0.15) is 21.9 Å². The largest absolute Gasteiger partial charge is 0.444 e. The van der Waals surface area contributed by atoms with Crippen LogP contribution in [0.4, 0.5) is 53.0 Å². The van der Waals surface area contributed by atoms with Crippen LogP contribution in [0, 0.1) is 20.2 Å². The second-order valence-corrected chi connectivity index (χ2v) is 20.2. The molecule has 4 amide bonds. The number of halogens is 7. The van der Waals surface area contributed by atoms with Crippen LogP contribution in [0.5, 0.6) is 0 Å². The van der Waals surface area contributed by atoms with Crippen molar-refractivity contribution in [2.24, 2.45) is 0 Å². The number of benzene rings is 2. The van der Waals surface area contributed by atoms with Gasteiger partial charge >= 0.3 is 24.5 Å². The van der Waals surface area contributed by atoms with Gasteiger partial charge in [0, 0.05) is 56.4 Å². The van der Waals surface area contributed by atoms with Crippen LogP contribution in [0.25, 0.3) is 0 Å². The normalized spacial score (nSPS) is 18.0. The van der Waals surface area contributed by atoms with Crippen molar-refractivity contribution in [3.8, 4) is 0 Å². The van der Waals surface area contributed by atoms with Crippen LogP contribution in [0.1, 0.15) is 140 Å². The SMILES string of the molecule is CC(C)N(C(=O)c1cc([N+](=O)[O-])c(Cl)cc1C(F)(F)F)[C@@H]1CCCN(C(=O)OC(C)(C)C)C1.CC(C)N(C(=O)c1cc([N+](=O)[O-])c(NC2CC2)cc1C(F)(F)F)[C@@H]1CCCN(C(=O)OC(C)(C)C)C1. The highest BCUT2D eigenvalue weighted by Crippen LogP contribution is 2.42. The van der Waals surface area contributed by atoms with Gasteiger partial charge in [0.05, 0.1) is 44.2 Å². The summed E-state index contributed by atoms with van der Waals surface area (Å²) in [5.41, 5.74) is -7.32. The molecule has 1 aliphatic carbocycles. The molecule has 1 saturated carbocycles. The summed E-state index contributed by atoms with van der Waals surface area (Å²) < 4.78 is 94.1. The first-order valence-electron chi connectivity index (χ1n) is 22.4. The van der Waals surface area contributed by atoms with Gasteiger partial charge in [-0.25, -0.2) is 9.59 Å². The molecule has 2 atom stereocenters. The van der Waals surface area contributed by atoms with E-state index in [1.54, 1.807) is 69.2 Å². The molecule has 1 N–H and O–H groups in total. The average Bonchev–Trinajstić information content (AvgIpc) is 4.03. The number of hydrogen-bond donors (Lipinski definition) is 1. The van der Waals surface area contributed by atoms with E-state index in [0.717, 1.165) is 6.07 Å². The molecule has 3 aliphatic rings. The highest BCUT2D eigenvalue weighted by atomic mass is 35.5. The van der Waals surface area contributed by atoms with E-state index in [4.69, 9.17) is 21.1 Å². The number of nitrogens with one attached hydrogen (secondary N) is 1. The second-order valence-electron chi connectivity index (χ2n) is 19.7. The van der Waals surface area contributed by atoms with E-state index in [1.807, 2.05) is 0 Å². The lowest BCUT2D eigenvalue weighted by atomic mass is 9.98. The zero-order chi connectivity index (χ0) is 52.3. The molecule has 2 saturated heterocycles. The number of rotatable bonds is 10. The van der Waals surface area contributed by atoms with Crippen molar-refractivity contribution in [3.63, 3.8) is 0 Å². The van der Waals surface area contributed by atoms with Crippen LogP contribution in [0.3, 0.4) is 0 Å². The van der Waals surface area contributed by atoms with Gasteiger partial charge in [0.2, 0.25) is 0 Å². The Balaban J connectivity index is 0.000000302. The van der Waals surface area contributed by atoms with Gasteiger partial charge in [-0.2, -0.15) is 26.3 Å². The molecular formula is C45H60ClF6N7O10. The van der Waals surface area contributed by atoms with E-state index in [2.05, 4.69) is 5.32 Å². The van der Waals surface area contributed by atoms with E-state index in [-0.39, 0.29) is 24.8 Å². The molecule has 0 spiro atoms. The number of carbonyl (C=O) groups excluding carboxylic acids is 4. The highest BCUT2D eigenvalue weighted by molar-refractivity contribution is 6.33. The summed E-state index contributed by atoms with van der Waals surface area (Å²) in [5, 5.41) is 25.0. The highest BCUT2D eigenvalue weighted by Gasteiger charge is 2.44. The van der Waals surface area contributed by atoms with Crippen molar-refractivity contribution in [3.05, 3.63) is 71.8 Å². The minimum atomic E-state index is -4.96. The zero-order valence-electron chi connectivity index (χ0n) is 40.2. The molecule has 0 unspecified atom stereocenters. The fraction of sp³-hybridized carbons (Fsp3) is 0.644. The third kappa shape index (κ3) is 14.9. The number of nitrogens with zero attached hydrogens (tertiary/aromatic N) is 6. The molecule has 0 aromatic heterocycles. The summed E-state index contributed by atoms with van der Waals surface area (Å²) in [5.74, 6) is -1.98. The average molecular weight is 1010 g/mol. The maximum Gasteiger partial charge on any atom is 0.417 e. The Morgan fingerprint density at radius 1 is 0.667 bits per heavy atom. The predicted octanol–water partition coefficient (Wildman–Crippen LogP) is 11.0. The standard InChI is InChI=1S/C24H33F3N4O5.C21H27ClF3N3O5/c1-14(2)30(16-7-6-10-29(13-16)22(33)36-23(3,4)5)21(32)17-11-20(31(34)35)19(28-15-8-9-15)12-18(17)24(25,26)27;1-12(2)27(13-7-6-8-26(11-13)19(30)33-20(3,4)5)18(29)14-9-17(28(31)32)16(22)10-15(14)21(23,24)25/h11-12,14-16,28H,6-10,13H2,1-5H3;9-10,12-13H,6-8,11H2,1-5H3/t16-;13-/m11/s1. The Morgan fingerprint density at radius 3 is 1.38 bits per heavy atom. The fourth-order valence-corrected chi connectivity index (χ4v) is 8.33. The molecule has 2 aromatic carbocycles. The molecule has 3 fully saturated rings. The van der Waals surface area contributed by atoms with E-state index in [0.29, 0.717) is 69.8 Å². The van der Waals surface area contributed by atoms with Crippen molar-refractivity contribution in [1.82, 2.24) is 19.6 Å². The first-order valence-corrected chi connectivity index (χ1v) is 22.8. The van der Waals surface area contributed by atoms with Gasteiger partial charge in [0.15, 0.2) is 0 Å². The molecule has 24 heteroatoms. The Labute approximate surface area is 401 Å². The predicted molar refractivity (Wildman–Crippen MR) is 242 cm³/mol. The topological polar surface area (TPSA) is 198 Å². The Kier molecular flexibility index (Phi) is 17.5. The molecule has 17 nitrogen and oxygen atoms in total. The summed E-state index contributed by atoms with van der Waals surface area (Å²) in [6.07, 6.45) is -7.66. The molecule has 2 aromatic rings. The molecule has 384 valence electrons. The van der Waals surface area contributed by atoms with Crippen LogP contribution in [0.15, 0.2) is 24.3 Å². The van der Waals surface area contributed by atoms with Crippen molar-refractivity contribution >= 4 is 52.7 Å². The number of nitro groups is 2. The van der Waals surface area contributed by atoms with Crippen molar-refractivity contribution < 1.29 is 64.8 Å². The number of nitro benzene ring substituents is 2. The third-order valence-electron chi connectivity index (χ3n) is 11.1. The molecule has 2 heterocycles. The number of carbonyl (C=O) groups is 4. The van der Waals surface area contributed by atoms with Crippen molar-refractivity contribution in [2.75, 3.05) is 31.5 Å². The van der Waals surface area contributed by atoms with Crippen molar-refractivity contribution in [2.45, 2.75) is 162 Å². The first kappa shape index (κ1) is 56.0. The number of hydrogen-bond acceptors (Lipinski definition) is 11. The number of likely N-dealkylation sites (tertiary alicyclic amines) is 2. The summed E-state index contributed by atoms with van der Waals surface area (Å²) in [6.45, 7) is 17.8. The number of amides is 4. The lowest BCUT2D eigenvalue weighted by molar-refractivity contribution is -0.384. The number of ether oxygens (including phenoxy) is 2. The molecular weight excluding hydrogens is 948 g/mol. The van der Waals surface area contributed by atoms with Gasteiger partial charge < -0.3 is 34.4 Å². The molecule has 69 heavy (non-hydrogen) atoms. The summed E-state index contributed by atoms with van der Waals surface area (Å²) in [7, 11) is 0. The summed E-state index contributed by atoms with van der Waals surface area (Å²) in [4.78, 5) is 78.7. The van der Waals surface area contributed by atoms with E-state index >= 15 is 0 Å². The third-order valence-corrected chi connectivity index (χ3v) is 11.4. The van der Waals surface area contributed by atoms with Gasteiger partial charge in [-0.1, -0.05) is 11.6 Å².